The Kier molecular flexibility index (Phi) is 5.05. The summed E-state index contributed by atoms with van der Waals surface area (Å²) in [6.45, 7) is -0.296. The SMILES string of the molecule is COc1ccccc1C(=O)COC(=O)C1=Cc2cc(Cl)ccc2OC1. The first kappa shape index (κ1) is 17.0. The van der Waals surface area contributed by atoms with Gasteiger partial charge in [0.15, 0.2) is 6.61 Å². The normalized spacial score (nSPS) is 12.5. The van der Waals surface area contributed by atoms with Crippen LogP contribution in [0.4, 0.5) is 0 Å². The smallest absolute Gasteiger partial charge is 0.337 e. The van der Waals surface area contributed by atoms with Gasteiger partial charge in [0.25, 0.3) is 0 Å². The number of benzene rings is 2. The van der Waals surface area contributed by atoms with Crippen LogP contribution in [0, 0.1) is 0 Å². The molecule has 25 heavy (non-hydrogen) atoms. The summed E-state index contributed by atoms with van der Waals surface area (Å²) in [7, 11) is 1.48. The van der Waals surface area contributed by atoms with Crippen molar-refractivity contribution in [1.29, 1.82) is 0 Å². The number of esters is 1. The molecule has 0 fully saturated rings. The van der Waals surface area contributed by atoms with Gasteiger partial charge >= 0.3 is 5.97 Å². The molecule has 1 aliphatic rings. The molecule has 0 N–H and O–H groups in total. The second-order valence-electron chi connectivity index (χ2n) is 5.34. The fraction of sp³-hybridized carbons (Fsp3) is 0.158. The third kappa shape index (κ3) is 3.83. The third-order valence-electron chi connectivity index (χ3n) is 3.69. The molecule has 0 aliphatic carbocycles. The standard InChI is InChI=1S/C19H15ClO5/c1-23-18-5-3-2-4-15(18)16(21)11-25-19(22)13-8-12-9-14(20)6-7-17(12)24-10-13/h2-9H,10-11H2,1H3. The molecule has 5 nitrogen and oxygen atoms in total. The Hall–Kier alpha value is -2.79. The highest BCUT2D eigenvalue weighted by Gasteiger charge is 2.20. The molecule has 0 spiro atoms. The summed E-state index contributed by atoms with van der Waals surface area (Å²) in [6.07, 6.45) is 1.65. The van der Waals surface area contributed by atoms with Crippen molar-refractivity contribution in [2.45, 2.75) is 0 Å². The van der Waals surface area contributed by atoms with Crippen LogP contribution >= 0.6 is 11.6 Å². The maximum atomic E-state index is 12.2. The van der Waals surface area contributed by atoms with E-state index in [2.05, 4.69) is 0 Å². The molecule has 0 atom stereocenters. The number of hydrogen-bond acceptors (Lipinski definition) is 5. The van der Waals surface area contributed by atoms with Crippen LogP contribution in [0.5, 0.6) is 11.5 Å². The third-order valence-corrected chi connectivity index (χ3v) is 3.92. The van der Waals surface area contributed by atoms with Gasteiger partial charge < -0.3 is 14.2 Å². The molecule has 0 saturated heterocycles. The number of Topliss-reactive ketones (excluding diaryl/α,β-unsaturated/α-hetero) is 1. The van der Waals surface area contributed by atoms with Gasteiger partial charge in [0.2, 0.25) is 5.78 Å². The monoisotopic (exact) mass is 358 g/mol. The maximum Gasteiger partial charge on any atom is 0.337 e. The summed E-state index contributed by atoms with van der Waals surface area (Å²) in [5.41, 5.74) is 1.38. The largest absolute Gasteiger partial charge is 0.496 e. The van der Waals surface area contributed by atoms with E-state index >= 15 is 0 Å². The summed E-state index contributed by atoms with van der Waals surface area (Å²) in [5.74, 6) is 0.138. The van der Waals surface area contributed by atoms with Crippen LogP contribution in [0.15, 0.2) is 48.0 Å². The Morgan fingerprint density at radius 2 is 2.00 bits per heavy atom. The fourth-order valence-corrected chi connectivity index (χ4v) is 2.62. The van der Waals surface area contributed by atoms with Crippen LogP contribution < -0.4 is 9.47 Å². The number of hydrogen-bond donors (Lipinski definition) is 0. The van der Waals surface area contributed by atoms with Crippen LogP contribution in [-0.4, -0.2) is 32.1 Å². The van der Waals surface area contributed by atoms with Gasteiger partial charge in [0.05, 0.1) is 18.2 Å². The van der Waals surface area contributed by atoms with Crippen molar-refractivity contribution < 1.29 is 23.8 Å². The summed E-state index contributed by atoms with van der Waals surface area (Å²) in [5, 5.41) is 0.541. The van der Waals surface area contributed by atoms with Crippen LogP contribution in [0.3, 0.4) is 0 Å². The highest BCUT2D eigenvalue weighted by Crippen LogP contribution is 2.29. The van der Waals surface area contributed by atoms with E-state index in [0.717, 1.165) is 0 Å². The molecule has 0 unspecified atom stereocenters. The summed E-state index contributed by atoms with van der Waals surface area (Å²) >= 11 is 5.95. The zero-order valence-electron chi connectivity index (χ0n) is 13.5. The molecule has 0 amide bonds. The Morgan fingerprint density at radius 1 is 1.20 bits per heavy atom. The van der Waals surface area contributed by atoms with E-state index in [1.165, 1.54) is 7.11 Å². The molecule has 0 saturated carbocycles. The van der Waals surface area contributed by atoms with E-state index in [0.29, 0.717) is 33.2 Å². The molecule has 0 radical (unpaired) electrons. The quantitative estimate of drug-likeness (QED) is 0.604. The van der Waals surface area contributed by atoms with Gasteiger partial charge in [-0.25, -0.2) is 4.79 Å². The summed E-state index contributed by atoms with van der Waals surface area (Å²) in [6, 6.07) is 11.9. The van der Waals surface area contributed by atoms with E-state index in [1.807, 2.05) is 0 Å². The van der Waals surface area contributed by atoms with E-state index in [-0.39, 0.29) is 19.0 Å². The van der Waals surface area contributed by atoms with Gasteiger partial charge in [-0.1, -0.05) is 23.7 Å². The average molecular weight is 359 g/mol. The lowest BCUT2D eigenvalue weighted by atomic mass is 10.1. The van der Waals surface area contributed by atoms with Crippen molar-refractivity contribution in [3.05, 3.63) is 64.2 Å². The van der Waals surface area contributed by atoms with Crippen molar-refractivity contribution in [2.24, 2.45) is 0 Å². The van der Waals surface area contributed by atoms with Crippen molar-refractivity contribution in [3.8, 4) is 11.5 Å². The fourth-order valence-electron chi connectivity index (χ4n) is 2.44. The number of fused-ring (bicyclic) bond motifs is 1. The first-order chi connectivity index (χ1) is 12.1. The molecule has 0 aromatic heterocycles. The van der Waals surface area contributed by atoms with Crippen molar-refractivity contribution in [3.63, 3.8) is 0 Å². The maximum absolute atomic E-state index is 12.2. The minimum Gasteiger partial charge on any atom is -0.496 e. The lowest BCUT2D eigenvalue weighted by Gasteiger charge is -2.17. The predicted molar refractivity (Wildman–Crippen MR) is 93.2 cm³/mol. The Morgan fingerprint density at radius 3 is 2.80 bits per heavy atom. The van der Waals surface area contributed by atoms with E-state index in [9.17, 15) is 9.59 Å². The minimum atomic E-state index is -0.603. The molecule has 0 bridgehead atoms. The zero-order valence-corrected chi connectivity index (χ0v) is 14.2. The van der Waals surface area contributed by atoms with Gasteiger partial charge in [0, 0.05) is 10.6 Å². The number of methoxy groups -OCH3 is 1. The van der Waals surface area contributed by atoms with Crippen LogP contribution in [-0.2, 0) is 9.53 Å². The minimum absolute atomic E-state index is 0.0797. The molecular weight excluding hydrogens is 344 g/mol. The Balaban J connectivity index is 1.68. The molecule has 2 aromatic rings. The predicted octanol–water partition coefficient (Wildman–Crippen LogP) is 3.55. The molecule has 6 heteroatoms. The molecule has 3 rings (SSSR count). The lowest BCUT2D eigenvalue weighted by molar-refractivity contribution is -0.138. The number of ether oxygens (including phenoxy) is 3. The number of ketones is 1. The molecule has 1 aliphatic heterocycles. The Labute approximate surface area is 149 Å². The highest BCUT2D eigenvalue weighted by atomic mass is 35.5. The van der Waals surface area contributed by atoms with E-state index < -0.39 is 5.97 Å². The molecule has 128 valence electrons. The Bertz CT molecular complexity index is 857. The number of carbonyl (C=O) groups is 2. The number of halogens is 1. The molecule has 1 heterocycles. The van der Waals surface area contributed by atoms with Crippen molar-refractivity contribution in [1.82, 2.24) is 0 Å². The zero-order chi connectivity index (χ0) is 17.8. The highest BCUT2D eigenvalue weighted by molar-refractivity contribution is 6.30. The van der Waals surface area contributed by atoms with Crippen LogP contribution in [0.2, 0.25) is 5.02 Å². The van der Waals surface area contributed by atoms with Gasteiger partial charge in [-0.05, 0) is 36.4 Å². The van der Waals surface area contributed by atoms with Gasteiger partial charge in [-0.15, -0.1) is 0 Å². The van der Waals surface area contributed by atoms with Gasteiger partial charge in [-0.3, -0.25) is 4.79 Å². The first-order valence-electron chi connectivity index (χ1n) is 7.55. The van der Waals surface area contributed by atoms with Crippen molar-refractivity contribution >= 4 is 29.4 Å². The average Bonchev–Trinajstić information content (AvgIpc) is 2.65. The second kappa shape index (κ2) is 7.40. The molecular formula is C19H15ClO5. The lowest BCUT2D eigenvalue weighted by Crippen LogP contribution is -2.20. The summed E-state index contributed by atoms with van der Waals surface area (Å²) < 4.78 is 15.8. The van der Waals surface area contributed by atoms with Crippen LogP contribution in [0.1, 0.15) is 15.9 Å². The van der Waals surface area contributed by atoms with Crippen molar-refractivity contribution in [2.75, 3.05) is 20.3 Å². The summed E-state index contributed by atoms with van der Waals surface area (Å²) in [4.78, 5) is 24.4. The number of para-hydroxylation sites is 1. The van der Waals surface area contributed by atoms with E-state index in [1.54, 1.807) is 48.5 Å². The topological polar surface area (TPSA) is 61.8 Å². The second-order valence-corrected chi connectivity index (χ2v) is 5.78. The van der Waals surface area contributed by atoms with Gasteiger partial charge in [0.1, 0.15) is 18.1 Å². The number of rotatable bonds is 5. The number of carbonyl (C=O) groups excluding carboxylic acids is 2. The van der Waals surface area contributed by atoms with E-state index in [4.69, 9.17) is 25.8 Å². The van der Waals surface area contributed by atoms with Crippen LogP contribution in [0.25, 0.3) is 6.08 Å². The van der Waals surface area contributed by atoms with Gasteiger partial charge in [-0.2, -0.15) is 0 Å². The molecule has 2 aromatic carbocycles. The first-order valence-corrected chi connectivity index (χ1v) is 7.92.